The van der Waals surface area contributed by atoms with Crippen molar-refractivity contribution in [1.29, 1.82) is 0 Å². The average molecular weight is 306 g/mol. The van der Waals surface area contributed by atoms with Gasteiger partial charge in [-0.25, -0.2) is 13.1 Å². The first-order chi connectivity index (χ1) is 9.10. The van der Waals surface area contributed by atoms with Crippen LogP contribution >= 0.6 is 11.8 Å². The molecule has 0 fully saturated rings. The lowest BCUT2D eigenvalue weighted by molar-refractivity contribution is 0.574. The first-order valence-electron chi connectivity index (χ1n) is 6.31. The van der Waals surface area contributed by atoms with Crippen LogP contribution in [-0.4, -0.2) is 43.3 Å². The number of sulfonamides is 1. The topological polar surface area (TPSA) is 90.0 Å². The summed E-state index contributed by atoms with van der Waals surface area (Å²) in [4.78, 5) is 0.217. The molecule has 1 rings (SSSR count). The van der Waals surface area contributed by atoms with Crippen LogP contribution in [0.25, 0.3) is 0 Å². The van der Waals surface area contributed by atoms with Crippen molar-refractivity contribution in [3.63, 3.8) is 0 Å². The van der Waals surface area contributed by atoms with Crippen LogP contribution in [0.15, 0.2) is 17.3 Å². The third-order valence-electron chi connectivity index (χ3n) is 2.58. The molecule has 0 saturated carbocycles. The van der Waals surface area contributed by atoms with Gasteiger partial charge in [-0.15, -0.1) is 0 Å². The highest BCUT2D eigenvalue weighted by molar-refractivity contribution is 7.98. The Hall–Kier alpha value is -0.570. The van der Waals surface area contributed by atoms with Crippen molar-refractivity contribution in [2.45, 2.75) is 30.7 Å². The van der Waals surface area contributed by atoms with Gasteiger partial charge in [-0.3, -0.25) is 4.68 Å². The average Bonchev–Trinajstić information content (AvgIpc) is 2.85. The molecule has 1 aromatic rings. The quantitative estimate of drug-likeness (QED) is 0.620. The third kappa shape index (κ3) is 5.94. The van der Waals surface area contributed by atoms with Crippen molar-refractivity contribution >= 4 is 21.8 Å². The zero-order chi connectivity index (χ0) is 14.1. The van der Waals surface area contributed by atoms with Gasteiger partial charge in [0.1, 0.15) is 4.90 Å². The van der Waals surface area contributed by atoms with Crippen LogP contribution in [0.1, 0.15) is 19.3 Å². The molecule has 0 bridgehead atoms. The van der Waals surface area contributed by atoms with E-state index in [1.165, 1.54) is 6.20 Å². The molecule has 6 nitrogen and oxygen atoms in total. The van der Waals surface area contributed by atoms with Crippen LogP contribution in [0.5, 0.6) is 0 Å². The highest BCUT2D eigenvalue weighted by Crippen LogP contribution is 2.07. The highest BCUT2D eigenvalue weighted by Gasteiger charge is 2.15. The van der Waals surface area contributed by atoms with Crippen LogP contribution < -0.4 is 10.5 Å². The second-order valence-corrected chi connectivity index (χ2v) is 6.93. The van der Waals surface area contributed by atoms with Gasteiger partial charge in [-0.1, -0.05) is 0 Å². The molecule has 0 atom stereocenters. The Morgan fingerprint density at radius 1 is 1.42 bits per heavy atom. The minimum Gasteiger partial charge on any atom is -0.330 e. The number of nitrogens with zero attached hydrogens (tertiary/aromatic N) is 2. The fourth-order valence-corrected chi connectivity index (χ4v) is 3.04. The number of hydrogen-bond acceptors (Lipinski definition) is 5. The lowest BCUT2D eigenvalue weighted by atomic mass is 10.3. The molecule has 0 aliphatic heterocycles. The Bertz CT molecular complexity index is 459. The summed E-state index contributed by atoms with van der Waals surface area (Å²) >= 11 is 1.77. The van der Waals surface area contributed by atoms with Crippen LogP contribution in [0.3, 0.4) is 0 Å². The largest absolute Gasteiger partial charge is 0.330 e. The van der Waals surface area contributed by atoms with Crippen LogP contribution in [0.2, 0.25) is 0 Å². The molecule has 0 saturated heterocycles. The number of hydrogen-bond donors (Lipinski definition) is 2. The van der Waals surface area contributed by atoms with Gasteiger partial charge in [0, 0.05) is 19.3 Å². The lowest BCUT2D eigenvalue weighted by Crippen LogP contribution is -2.24. The normalized spacial score (nSPS) is 11.9. The number of thioether (sulfide) groups is 1. The molecular weight excluding hydrogens is 284 g/mol. The van der Waals surface area contributed by atoms with Gasteiger partial charge < -0.3 is 5.73 Å². The van der Waals surface area contributed by atoms with Gasteiger partial charge in [0.2, 0.25) is 10.0 Å². The van der Waals surface area contributed by atoms with Crippen molar-refractivity contribution in [2.75, 3.05) is 25.1 Å². The van der Waals surface area contributed by atoms with E-state index in [1.54, 1.807) is 22.6 Å². The second-order valence-electron chi connectivity index (χ2n) is 4.18. The minimum absolute atomic E-state index is 0.217. The maximum atomic E-state index is 12.0. The van der Waals surface area contributed by atoms with Gasteiger partial charge >= 0.3 is 0 Å². The van der Waals surface area contributed by atoms with Crippen LogP contribution in [0.4, 0.5) is 0 Å². The molecule has 0 aliphatic rings. The zero-order valence-corrected chi connectivity index (χ0v) is 12.8. The molecule has 0 amide bonds. The third-order valence-corrected chi connectivity index (χ3v) is 4.69. The summed E-state index contributed by atoms with van der Waals surface area (Å²) in [5, 5.41) is 4.02. The monoisotopic (exact) mass is 306 g/mol. The minimum atomic E-state index is -3.42. The number of rotatable bonds is 10. The molecule has 19 heavy (non-hydrogen) atoms. The second kappa shape index (κ2) is 8.57. The number of aryl methyl sites for hydroxylation is 1. The summed E-state index contributed by atoms with van der Waals surface area (Å²) in [5.41, 5.74) is 5.40. The van der Waals surface area contributed by atoms with Gasteiger partial charge in [0.05, 0.1) is 6.20 Å². The molecule has 0 unspecified atom stereocenters. The molecule has 8 heteroatoms. The summed E-state index contributed by atoms with van der Waals surface area (Å²) in [5.74, 6) is 1.05. The fourth-order valence-electron chi connectivity index (χ4n) is 1.52. The first-order valence-corrected chi connectivity index (χ1v) is 9.19. The van der Waals surface area contributed by atoms with E-state index in [1.807, 2.05) is 6.26 Å². The molecule has 0 aromatic carbocycles. The summed E-state index contributed by atoms with van der Waals surface area (Å²) in [6, 6.07) is 0. The molecule has 0 aliphatic carbocycles. The van der Waals surface area contributed by atoms with Gasteiger partial charge in [0.15, 0.2) is 0 Å². The van der Waals surface area contributed by atoms with E-state index in [9.17, 15) is 8.42 Å². The lowest BCUT2D eigenvalue weighted by Gasteiger charge is -2.04. The van der Waals surface area contributed by atoms with Crippen molar-refractivity contribution in [3.05, 3.63) is 12.4 Å². The summed E-state index contributed by atoms with van der Waals surface area (Å²) in [6.45, 7) is 1.67. The fraction of sp³-hybridized carbons (Fsp3) is 0.727. The molecule has 1 aromatic heterocycles. The maximum absolute atomic E-state index is 12.0. The van der Waals surface area contributed by atoms with Crippen molar-refractivity contribution < 1.29 is 8.42 Å². The summed E-state index contributed by atoms with van der Waals surface area (Å²) in [6.07, 6.45) is 7.60. The Morgan fingerprint density at radius 3 is 2.89 bits per heavy atom. The number of nitrogens with two attached hydrogens (primary N) is 1. The van der Waals surface area contributed by atoms with E-state index in [4.69, 9.17) is 5.73 Å². The first kappa shape index (κ1) is 16.5. The van der Waals surface area contributed by atoms with E-state index < -0.39 is 10.0 Å². The molecule has 1 heterocycles. The SMILES string of the molecule is CSCCCCNS(=O)(=O)c1cnn(CCCN)c1. The van der Waals surface area contributed by atoms with E-state index in [0.29, 0.717) is 19.6 Å². The summed E-state index contributed by atoms with van der Waals surface area (Å²) in [7, 11) is -3.42. The van der Waals surface area contributed by atoms with E-state index >= 15 is 0 Å². The number of aromatic nitrogens is 2. The summed E-state index contributed by atoms with van der Waals surface area (Å²) < 4.78 is 28.1. The van der Waals surface area contributed by atoms with Crippen molar-refractivity contribution in [1.82, 2.24) is 14.5 Å². The Morgan fingerprint density at radius 2 is 2.21 bits per heavy atom. The molecule has 0 spiro atoms. The Kier molecular flexibility index (Phi) is 7.44. The Labute approximate surface area is 119 Å². The van der Waals surface area contributed by atoms with Gasteiger partial charge in [0.25, 0.3) is 0 Å². The molecule has 110 valence electrons. The van der Waals surface area contributed by atoms with E-state index in [-0.39, 0.29) is 4.90 Å². The smallest absolute Gasteiger partial charge is 0.243 e. The van der Waals surface area contributed by atoms with Crippen molar-refractivity contribution in [3.8, 4) is 0 Å². The highest BCUT2D eigenvalue weighted by atomic mass is 32.2. The maximum Gasteiger partial charge on any atom is 0.243 e. The van der Waals surface area contributed by atoms with E-state index in [0.717, 1.165) is 25.0 Å². The predicted molar refractivity (Wildman–Crippen MR) is 78.7 cm³/mol. The molecule has 3 N–H and O–H groups in total. The zero-order valence-electron chi connectivity index (χ0n) is 11.2. The van der Waals surface area contributed by atoms with Crippen LogP contribution in [-0.2, 0) is 16.6 Å². The predicted octanol–water partition coefficient (Wildman–Crippen LogP) is 0.653. The van der Waals surface area contributed by atoms with Gasteiger partial charge in [-0.05, 0) is 37.8 Å². The number of unbranched alkanes of at least 4 members (excludes halogenated alkanes) is 1. The molecular formula is C11H22N4O2S2. The Balaban J connectivity index is 2.45. The molecule has 0 radical (unpaired) electrons. The van der Waals surface area contributed by atoms with Crippen LogP contribution in [0, 0.1) is 0 Å². The number of nitrogens with one attached hydrogen (secondary N) is 1. The van der Waals surface area contributed by atoms with E-state index in [2.05, 4.69) is 9.82 Å². The standard InChI is InChI=1S/C11H22N4O2S2/c1-18-8-3-2-6-14-19(16,17)11-9-13-15(10-11)7-4-5-12/h9-10,14H,2-8,12H2,1H3. The van der Waals surface area contributed by atoms with Gasteiger partial charge in [-0.2, -0.15) is 16.9 Å². The van der Waals surface area contributed by atoms with Crippen molar-refractivity contribution in [2.24, 2.45) is 5.73 Å².